The molecule has 0 atom stereocenters. The third-order valence-corrected chi connectivity index (χ3v) is 15.3. The van der Waals surface area contributed by atoms with Crippen LogP contribution in [0.4, 0.5) is 0 Å². The number of aromatic amines is 8. The Kier molecular flexibility index (Phi) is 13.8. The molecule has 0 radical (unpaired) electrons. The van der Waals surface area contributed by atoms with Crippen LogP contribution >= 0.6 is 0 Å². The Bertz CT molecular complexity index is 7830. The third kappa shape index (κ3) is 14.2. The van der Waals surface area contributed by atoms with Gasteiger partial charge in [0.25, 0.3) is 44.5 Å². The van der Waals surface area contributed by atoms with Crippen LogP contribution in [0.5, 0.6) is 0 Å². The molecule has 0 saturated heterocycles. The van der Waals surface area contributed by atoms with E-state index < -0.39 is 143 Å². The number of nitrogens with one attached hydrogen (secondary N) is 8. The van der Waals surface area contributed by atoms with Crippen LogP contribution in [0, 0.1) is 20.8 Å². The highest BCUT2D eigenvalue weighted by Crippen LogP contribution is 2.10. The fourth-order valence-corrected chi connectivity index (χ4v) is 9.57. The van der Waals surface area contributed by atoms with Crippen LogP contribution in [-0.2, 0) is 112 Å². The quantitative estimate of drug-likeness (QED) is 0.0699. The molecule has 48 heteroatoms. The molecule has 0 bridgehead atoms. The first-order valence-electron chi connectivity index (χ1n) is 40.8. The molecule has 16 heterocycles. The van der Waals surface area contributed by atoms with Gasteiger partial charge < -0.3 is 36.5 Å². The monoisotopic (exact) mass is 1510 g/mol. The van der Waals surface area contributed by atoms with Crippen molar-refractivity contribution in [2.24, 2.45) is 112 Å². The van der Waals surface area contributed by atoms with Gasteiger partial charge in [0.05, 0.1) is 31.5 Å². The minimum atomic E-state index is -2.89. The second-order valence-corrected chi connectivity index (χ2v) is 22.1. The van der Waals surface area contributed by atoms with Crippen molar-refractivity contribution in [1.29, 1.82) is 0 Å². The van der Waals surface area contributed by atoms with Gasteiger partial charge in [-0.2, -0.15) is 0 Å². The topological polar surface area (TPSA) is 581 Å². The van der Waals surface area contributed by atoms with Crippen molar-refractivity contribution >= 4 is 89.3 Å². The third-order valence-electron chi connectivity index (χ3n) is 15.3. The molecule has 8 N–H and O–H groups in total. The predicted molar refractivity (Wildman–Crippen MR) is 387 cm³/mol. The van der Waals surface area contributed by atoms with Gasteiger partial charge in [0.2, 0.25) is 0 Å². The number of aromatic nitrogens is 32. The zero-order chi connectivity index (χ0) is 98.6. The molecule has 0 aliphatic heterocycles. The number of nitrogens with zero attached hydrogens (tertiary/aromatic N) is 24. The SMILES string of the molecule is [2H]C([2H])([2H])n1c(=O)[nH]c(=O)c2c1nc(C)n2C.[2H]C([2H])([2H])n1c(C)nc2c1c(=O)[nH]c(=O)n2C.[2H]C([2H])([2H])n1c(C)nc2c1c(=O)[nH]c(=O)n2C([2H])([2H])[2H].[2H]c1nc2c(c(=O)[nH]c(=O)n2C([2H])([2H])[2H])n1C.[2H]c1nc2c(c(=O)[nH]c(=O)n2C([2H])([2H])[2H])n1C.[2H]c1nc2c(c(=O)[nH]c(=O)n2C)n1C.[2H]c1nc2c(c(=O)[nH]c(=O)n2C)n1C.[2H]c1nc2c(c(=O)[nH]c(=O)n2C)n1C. The van der Waals surface area contributed by atoms with E-state index in [9.17, 15) is 76.7 Å². The lowest BCUT2D eigenvalue weighted by Gasteiger charge is -1.97. The zero-order valence-electron chi connectivity index (χ0n) is 80.3. The Hall–Kier alpha value is -14.8. The summed E-state index contributed by atoms with van der Waals surface area (Å²) < 4.78 is 183. The van der Waals surface area contributed by atoms with E-state index in [-0.39, 0.29) is 121 Å². The molecule has 0 fully saturated rings. The molecule has 16 aromatic rings. The maximum absolute atomic E-state index is 11.8. The Labute approximate surface area is 621 Å². The summed E-state index contributed by atoms with van der Waals surface area (Å²) in [7, 11) is 14.9. The molecule has 0 aliphatic carbocycles. The Morgan fingerprint density at radius 2 is 0.393 bits per heavy atom. The van der Waals surface area contributed by atoms with Gasteiger partial charge >= 0.3 is 45.5 Å². The van der Waals surface area contributed by atoms with Crippen molar-refractivity contribution in [3.05, 3.63) is 216 Å². The maximum Gasteiger partial charge on any atom is 0.329 e. The highest BCUT2D eigenvalue weighted by atomic mass is 16.2. The largest absolute Gasteiger partial charge is 0.329 e. The minimum Gasteiger partial charge on any atom is -0.328 e. The second-order valence-electron chi connectivity index (χ2n) is 22.1. The molecule has 0 amide bonds. The van der Waals surface area contributed by atoms with Crippen LogP contribution in [0.25, 0.3) is 89.3 Å². The molecule has 0 aromatic carbocycles. The van der Waals surface area contributed by atoms with Crippen LogP contribution in [0.3, 0.4) is 0 Å². The molecule has 562 valence electrons. The molecule has 107 heavy (non-hydrogen) atoms. The lowest BCUT2D eigenvalue weighted by atomic mass is 10.5. The van der Waals surface area contributed by atoms with Gasteiger partial charge in [0, 0.05) is 137 Å². The van der Waals surface area contributed by atoms with Crippen molar-refractivity contribution in [3.63, 3.8) is 0 Å². The lowest BCUT2D eigenvalue weighted by Crippen LogP contribution is -2.29. The summed E-state index contributed by atoms with van der Waals surface area (Å²) in [4.78, 5) is 229. The Morgan fingerprint density at radius 1 is 0.234 bits per heavy atom. The molecule has 0 spiro atoms. The number of rotatable bonds is 0. The van der Waals surface area contributed by atoms with Gasteiger partial charge in [-0.3, -0.25) is 115 Å². The smallest absolute Gasteiger partial charge is 0.328 e. The summed E-state index contributed by atoms with van der Waals surface area (Å²) in [5.41, 5.74) is -12.5. The number of fused-ring (bicyclic) bond motifs is 8. The molecule has 0 aliphatic rings. The molecule has 0 saturated carbocycles. The summed E-state index contributed by atoms with van der Waals surface area (Å²) in [6.45, 7) is -11.9. The Morgan fingerprint density at radius 3 is 0.617 bits per heavy atom. The fourth-order valence-electron chi connectivity index (χ4n) is 9.57. The normalized spacial score (nSPS) is 14.8. The first-order valence-corrected chi connectivity index (χ1v) is 29.3. The number of imidazole rings is 8. The van der Waals surface area contributed by atoms with Gasteiger partial charge in [0.15, 0.2) is 89.3 Å². The molecule has 48 nitrogen and oxygen atoms in total. The summed E-state index contributed by atoms with van der Waals surface area (Å²) in [5, 5.41) is 0. The summed E-state index contributed by atoms with van der Waals surface area (Å²) >= 11 is 0. The van der Waals surface area contributed by atoms with E-state index in [0.717, 1.165) is 18.3 Å². The van der Waals surface area contributed by atoms with Crippen molar-refractivity contribution in [3.8, 4) is 0 Å². The molecular formula is C59H70N32O16. The van der Waals surface area contributed by atoms with Crippen LogP contribution in [0.1, 0.15) is 49.0 Å². The highest BCUT2D eigenvalue weighted by molar-refractivity contribution is 5.74. The lowest BCUT2D eigenvalue weighted by molar-refractivity contribution is 0.829. The average Bonchev–Trinajstić information content (AvgIpc) is 1.58. The second kappa shape index (κ2) is 29.3. The number of aryl methyl sites for hydroxylation is 19. The van der Waals surface area contributed by atoms with Crippen LogP contribution < -0.4 is 90.0 Å². The zero-order valence-corrected chi connectivity index (χ0v) is 57.3. The molecule has 16 aromatic heterocycles. The standard InChI is InChI=1S/3C8H10N4O2.5C7H8N4O2/c3*1-4-9-6-5(11(4)2)7(13)10-8(14)12(6)3;5*1-10-3-8-5-4(10)6(12)9-7(13)11(5)2/h3*1-3H3,(H,10,13,14);5*3H,1-2H3,(H,9,12,13)/i2D3,3D3;3D3;2D3;2*2D3,3D;3*3D. The summed E-state index contributed by atoms with van der Waals surface area (Å²) in [5.74, 6) is 0.523. The summed E-state index contributed by atoms with van der Waals surface area (Å²) in [6.07, 6.45) is -0.742. The van der Waals surface area contributed by atoms with Crippen molar-refractivity contribution in [2.75, 3.05) is 0 Å². The van der Waals surface area contributed by atoms with E-state index >= 15 is 0 Å². The van der Waals surface area contributed by atoms with Gasteiger partial charge in [-0.25, -0.2) is 78.2 Å². The van der Waals surface area contributed by atoms with Gasteiger partial charge in [-0.15, -0.1) is 0 Å². The molecule has 0 unspecified atom stereocenters. The Balaban J connectivity index is 0.000000168. The molecule has 16 rings (SSSR count). The fraction of sp³-hybridized carbons (Fsp3) is 0.322. The number of hydrogen-bond acceptors (Lipinski definition) is 24. The van der Waals surface area contributed by atoms with E-state index in [1.165, 1.54) is 88.1 Å². The van der Waals surface area contributed by atoms with E-state index in [4.69, 9.17) is 31.5 Å². The highest BCUT2D eigenvalue weighted by Gasteiger charge is 2.17. The van der Waals surface area contributed by atoms with Crippen molar-refractivity contribution < 1.29 is 31.5 Å². The van der Waals surface area contributed by atoms with Crippen LogP contribution in [-0.4, -0.2) is 153 Å². The number of hydrogen-bond donors (Lipinski definition) is 8. The average molecular weight is 1510 g/mol. The predicted octanol–water partition coefficient (Wildman–Crippen LogP) is -7.39. The van der Waals surface area contributed by atoms with Gasteiger partial charge in [-0.05, 0) is 20.8 Å². The van der Waals surface area contributed by atoms with E-state index in [1.807, 2.05) is 19.9 Å². The van der Waals surface area contributed by atoms with Crippen LogP contribution in [0.15, 0.2) is 108 Å². The van der Waals surface area contributed by atoms with E-state index in [2.05, 4.69) is 54.8 Å². The van der Waals surface area contributed by atoms with E-state index in [1.54, 1.807) is 40.1 Å². The number of H-pyrrole nitrogens is 8. The van der Waals surface area contributed by atoms with E-state index in [0.29, 0.717) is 28.7 Å². The first-order chi connectivity index (χ1) is 59.4. The minimum absolute atomic E-state index is 0.0494. The maximum atomic E-state index is 11.8. The van der Waals surface area contributed by atoms with Gasteiger partial charge in [-0.1, -0.05) is 0 Å². The molecular weight excluding hydrogens is 1410 g/mol. The van der Waals surface area contributed by atoms with Crippen LogP contribution in [0.2, 0.25) is 0 Å². The van der Waals surface area contributed by atoms with Crippen molar-refractivity contribution in [2.45, 2.75) is 20.8 Å². The van der Waals surface area contributed by atoms with Crippen molar-refractivity contribution in [1.82, 2.24) is 153 Å². The first kappa shape index (κ1) is 50.5. The summed E-state index contributed by atoms with van der Waals surface area (Å²) in [6, 6.07) is 0. The van der Waals surface area contributed by atoms with Gasteiger partial charge in [0.1, 0.15) is 24.3 Å².